The van der Waals surface area contributed by atoms with Crippen molar-refractivity contribution in [1.29, 1.82) is 0 Å². The van der Waals surface area contributed by atoms with Gasteiger partial charge in [-0.15, -0.1) is 0 Å². The molecule has 1 aromatic carbocycles. The van der Waals surface area contributed by atoms with E-state index in [1.54, 1.807) is 12.1 Å². The first-order valence-corrected chi connectivity index (χ1v) is 7.25. The van der Waals surface area contributed by atoms with Crippen LogP contribution in [0, 0.1) is 11.8 Å². The molecule has 2 heteroatoms. The van der Waals surface area contributed by atoms with Gasteiger partial charge in [0.05, 0.1) is 0 Å². The van der Waals surface area contributed by atoms with Gasteiger partial charge in [0, 0.05) is 5.33 Å². The normalized spacial score (nSPS) is 18.8. The highest BCUT2D eigenvalue weighted by Gasteiger charge is 2.24. The average Bonchev–Trinajstić information content (AvgIpc) is 2.82. The molecule has 1 unspecified atom stereocenters. The van der Waals surface area contributed by atoms with Gasteiger partial charge in [0.2, 0.25) is 0 Å². The van der Waals surface area contributed by atoms with Gasteiger partial charge in [-0.2, -0.15) is 0 Å². The van der Waals surface area contributed by atoms with Crippen molar-refractivity contribution in [2.75, 3.05) is 5.33 Å². The minimum atomic E-state index is 0.361. The Labute approximate surface area is 106 Å². The molecule has 0 bridgehead atoms. The summed E-state index contributed by atoms with van der Waals surface area (Å²) in [6.45, 7) is 0. The van der Waals surface area contributed by atoms with Gasteiger partial charge in [-0.25, -0.2) is 0 Å². The van der Waals surface area contributed by atoms with E-state index in [0.717, 1.165) is 23.6 Å². The maximum absolute atomic E-state index is 9.25. The van der Waals surface area contributed by atoms with E-state index in [9.17, 15) is 5.11 Å². The van der Waals surface area contributed by atoms with Crippen LogP contribution >= 0.6 is 15.9 Å². The third kappa shape index (κ3) is 3.00. The van der Waals surface area contributed by atoms with E-state index < -0.39 is 0 Å². The number of hydrogen-bond acceptors (Lipinski definition) is 1. The molecule has 16 heavy (non-hydrogen) atoms. The molecule has 0 aliphatic heterocycles. The van der Waals surface area contributed by atoms with Crippen molar-refractivity contribution in [2.24, 2.45) is 11.8 Å². The largest absolute Gasteiger partial charge is 0.508 e. The van der Waals surface area contributed by atoms with E-state index in [0.29, 0.717) is 5.75 Å². The molecule has 1 aliphatic carbocycles. The smallest absolute Gasteiger partial charge is 0.115 e. The van der Waals surface area contributed by atoms with Gasteiger partial charge in [-0.3, -0.25) is 0 Å². The van der Waals surface area contributed by atoms with E-state index in [2.05, 4.69) is 15.9 Å². The van der Waals surface area contributed by atoms with Crippen molar-refractivity contribution in [2.45, 2.75) is 32.1 Å². The number of halogens is 1. The van der Waals surface area contributed by atoms with Gasteiger partial charge < -0.3 is 5.11 Å². The summed E-state index contributed by atoms with van der Waals surface area (Å²) in [6, 6.07) is 7.66. The Bertz CT molecular complexity index is 314. The molecule has 2 rings (SSSR count). The molecule has 0 heterocycles. The summed E-state index contributed by atoms with van der Waals surface area (Å²) >= 11 is 3.65. The highest BCUT2D eigenvalue weighted by molar-refractivity contribution is 9.09. The van der Waals surface area contributed by atoms with Gasteiger partial charge in [-0.1, -0.05) is 53.7 Å². The van der Waals surface area contributed by atoms with Crippen molar-refractivity contribution in [3.63, 3.8) is 0 Å². The minimum absolute atomic E-state index is 0.361. The van der Waals surface area contributed by atoms with Gasteiger partial charge in [-0.05, 0) is 36.0 Å². The zero-order valence-corrected chi connectivity index (χ0v) is 11.1. The summed E-state index contributed by atoms with van der Waals surface area (Å²) in [6.07, 6.45) is 6.74. The first kappa shape index (κ1) is 12.0. The van der Waals surface area contributed by atoms with Crippen molar-refractivity contribution in [3.05, 3.63) is 29.8 Å². The molecule has 0 aromatic heterocycles. The monoisotopic (exact) mass is 282 g/mol. The molecular formula is C14H19BrO. The van der Waals surface area contributed by atoms with Crippen LogP contribution in [0.15, 0.2) is 24.3 Å². The molecule has 1 nitrogen and oxygen atoms in total. The standard InChI is InChI=1S/C14H19BrO/c15-10-13(12-3-1-2-4-12)9-11-5-7-14(16)8-6-11/h5-8,12-13,16H,1-4,9-10H2. The fraction of sp³-hybridized carbons (Fsp3) is 0.571. The predicted molar refractivity (Wildman–Crippen MR) is 71.1 cm³/mol. The van der Waals surface area contributed by atoms with Crippen molar-refractivity contribution in [1.82, 2.24) is 0 Å². The molecule has 88 valence electrons. The topological polar surface area (TPSA) is 20.2 Å². The third-order valence-electron chi connectivity index (χ3n) is 3.70. The van der Waals surface area contributed by atoms with Crippen LogP contribution in [0.25, 0.3) is 0 Å². The van der Waals surface area contributed by atoms with Crippen molar-refractivity contribution in [3.8, 4) is 5.75 Å². The molecule has 1 fully saturated rings. The zero-order valence-electron chi connectivity index (χ0n) is 9.53. The number of hydrogen-bond donors (Lipinski definition) is 1. The van der Waals surface area contributed by atoms with Gasteiger partial charge >= 0.3 is 0 Å². The molecule has 0 radical (unpaired) electrons. The lowest BCUT2D eigenvalue weighted by Gasteiger charge is -2.21. The fourth-order valence-corrected chi connectivity index (χ4v) is 3.47. The van der Waals surface area contributed by atoms with Crippen LogP contribution in [0.4, 0.5) is 0 Å². The summed E-state index contributed by atoms with van der Waals surface area (Å²) in [4.78, 5) is 0. The van der Waals surface area contributed by atoms with E-state index in [1.807, 2.05) is 12.1 Å². The van der Waals surface area contributed by atoms with Crippen molar-refractivity contribution >= 4 is 15.9 Å². The van der Waals surface area contributed by atoms with E-state index in [1.165, 1.54) is 31.2 Å². The number of alkyl halides is 1. The second kappa shape index (κ2) is 5.72. The quantitative estimate of drug-likeness (QED) is 0.823. The fourth-order valence-electron chi connectivity index (χ4n) is 2.71. The Morgan fingerprint density at radius 3 is 2.38 bits per heavy atom. The predicted octanol–water partition coefficient (Wildman–Crippen LogP) is 4.14. The highest BCUT2D eigenvalue weighted by Crippen LogP contribution is 2.34. The number of phenolic OH excluding ortho intramolecular Hbond substituents is 1. The lowest BCUT2D eigenvalue weighted by atomic mass is 9.87. The Morgan fingerprint density at radius 1 is 1.19 bits per heavy atom. The van der Waals surface area contributed by atoms with Gasteiger partial charge in [0.1, 0.15) is 5.75 Å². The SMILES string of the molecule is Oc1ccc(CC(CBr)C2CCCC2)cc1. The second-order valence-corrected chi connectivity index (χ2v) is 5.48. The van der Waals surface area contributed by atoms with E-state index in [-0.39, 0.29) is 0 Å². The average molecular weight is 283 g/mol. The number of aromatic hydroxyl groups is 1. The van der Waals surface area contributed by atoms with Gasteiger partial charge in [0.25, 0.3) is 0 Å². The summed E-state index contributed by atoms with van der Waals surface area (Å²) in [5.41, 5.74) is 1.34. The van der Waals surface area contributed by atoms with Gasteiger partial charge in [0.15, 0.2) is 0 Å². The number of benzene rings is 1. The first-order valence-electron chi connectivity index (χ1n) is 6.13. The second-order valence-electron chi connectivity index (χ2n) is 4.83. The van der Waals surface area contributed by atoms with Crippen LogP contribution in [-0.4, -0.2) is 10.4 Å². The highest BCUT2D eigenvalue weighted by atomic mass is 79.9. The Hall–Kier alpha value is -0.500. The summed E-state index contributed by atoms with van der Waals surface area (Å²) in [5.74, 6) is 2.01. The molecule has 1 saturated carbocycles. The third-order valence-corrected chi connectivity index (χ3v) is 4.53. The summed E-state index contributed by atoms with van der Waals surface area (Å²) < 4.78 is 0. The first-order chi connectivity index (χ1) is 7.79. The maximum atomic E-state index is 9.25. The lowest BCUT2D eigenvalue weighted by molar-refractivity contribution is 0.373. The van der Waals surface area contributed by atoms with Crippen LogP contribution in [0.2, 0.25) is 0 Å². The Morgan fingerprint density at radius 2 is 1.81 bits per heavy atom. The molecule has 0 amide bonds. The molecule has 0 saturated heterocycles. The van der Waals surface area contributed by atoms with Crippen LogP contribution in [0.1, 0.15) is 31.2 Å². The van der Waals surface area contributed by atoms with Crippen LogP contribution in [0.3, 0.4) is 0 Å². The molecular weight excluding hydrogens is 264 g/mol. The lowest BCUT2D eigenvalue weighted by Crippen LogP contribution is -2.16. The summed E-state index contributed by atoms with van der Waals surface area (Å²) in [5, 5.41) is 10.3. The number of phenols is 1. The minimum Gasteiger partial charge on any atom is -0.508 e. The van der Waals surface area contributed by atoms with Crippen LogP contribution in [0.5, 0.6) is 5.75 Å². The van der Waals surface area contributed by atoms with E-state index >= 15 is 0 Å². The molecule has 1 aromatic rings. The molecule has 0 spiro atoms. The maximum Gasteiger partial charge on any atom is 0.115 e. The van der Waals surface area contributed by atoms with E-state index in [4.69, 9.17) is 0 Å². The zero-order chi connectivity index (χ0) is 11.4. The molecule has 1 atom stereocenters. The Balaban J connectivity index is 1.97. The van der Waals surface area contributed by atoms with Crippen LogP contribution in [-0.2, 0) is 6.42 Å². The van der Waals surface area contributed by atoms with Crippen molar-refractivity contribution < 1.29 is 5.11 Å². The Kier molecular flexibility index (Phi) is 4.28. The summed E-state index contributed by atoms with van der Waals surface area (Å²) in [7, 11) is 0. The number of rotatable bonds is 4. The molecule has 1 aliphatic rings. The van der Waals surface area contributed by atoms with Crippen LogP contribution < -0.4 is 0 Å². The molecule has 1 N–H and O–H groups in total.